The second-order valence-corrected chi connectivity index (χ2v) is 8.31. The smallest absolute Gasteiger partial charge is 0.392 e. The molecule has 23 heavy (non-hydrogen) atoms. The quantitative estimate of drug-likeness (QED) is 0.544. The molecule has 7 unspecified atom stereocenters. The first kappa shape index (κ1) is 17.5. The van der Waals surface area contributed by atoms with Crippen molar-refractivity contribution in [3.63, 3.8) is 0 Å². The molecule has 4 aliphatic rings. The largest absolute Gasteiger partial charge is 0.396 e. The Labute approximate surface area is 133 Å². The summed E-state index contributed by atoms with van der Waals surface area (Å²) in [5, 5.41) is 30.9. The van der Waals surface area contributed by atoms with Gasteiger partial charge in [0.2, 0.25) is 0 Å². The number of aliphatic hydroxyl groups is 2. The molecule has 0 spiro atoms. The average Bonchev–Trinajstić information content (AvgIpc) is 2.42. The standard InChI is InChI=1S/C16H25F3O4/c1-3-13(2,16(17,18)19)12(23-22)15-6-9-4-10(11(15)20)7-14(21,5-9)8-15/h9-12,20-22H,3-8H2,1-2H3. The lowest BCUT2D eigenvalue weighted by atomic mass is 9.43. The van der Waals surface area contributed by atoms with Crippen molar-refractivity contribution in [2.75, 3.05) is 0 Å². The van der Waals surface area contributed by atoms with Gasteiger partial charge in [-0.05, 0) is 57.3 Å². The molecule has 0 radical (unpaired) electrons. The zero-order valence-electron chi connectivity index (χ0n) is 13.4. The van der Waals surface area contributed by atoms with Crippen LogP contribution in [0.1, 0.15) is 52.4 Å². The minimum atomic E-state index is -4.58. The normalized spacial score (nSPS) is 46.7. The van der Waals surface area contributed by atoms with Crippen molar-refractivity contribution in [3.05, 3.63) is 0 Å². The maximum atomic E-state index is 13.7. The van der Waals surface area contributed by atoms with Crippen molar-refractivity contribution in [2.45, 2.75) is 76.4 Å². The Bertz CT molecular complexity index is 484. The maximum absolute atomic E-state index is 13.7. The molecule has 0 aromatic heterocycles. The van der Waals surface area contributed by atoms with Crippen LogP contribution in [0, 0.1) is 22.7 Å². The Balaban J connectivity index is 2.06. The zero-order chi connectivity index (χ0) is 17.3. The van der Waals surface area contributed by atoms with E-state index < -0.39 is 34.8 Å². The van der Waals surface area contributed by atoms with Gasteiger partial charge in [0.25, 0.3) is 0 Å². The third-order valence-corrected chi connectivity index (χ3v) is 6.90. The van der Waals surface area contributed by atoms with E-state index in [4.69, 9.17) is 0 Å². The Hall–Kier alpha value is -0.370. The molecule has 0 heterocycles. The number of alkyl halides is 3. The molecule has 4 aliphatic carbocycles. The van der Waals surface area contributed by atoms with Crippen molar-refractivity contribution < 1.29 is 33.5 Å². The summed E-state index contributed by atoms with van der Waals surface area (Å²) in [7, 11) is 0. The van der Waals surface area contributed by atoms with Gasteiger partial charge in [-0.25, -0.2) is 4.89 Å². The number of hydrogen-bond acceptors (Lipinski definition) is 4. The van der Waals surface area contributed by atoms with Crippen molar-refractivity contribution >= 4 is 0 Å². The first-order chi connectivity index (χ1) is 10.5. The van der Waals surface area contributed by atoms with E-state index >= 15 is 0 Å². The Morgan fingerprint density at radius 3 is 2.39 bits per heavy atom. The van der Waals surface area contributed by atoms with Gasteiger partial charge in [0.05, 0.1) is 17.1 Å². The monoisotopic (exact) mass is 338 g/mol. The number of hydrogen-bond donors (Lipinski definition) is 3. The van der Waals surface area contributed by atoms with E-state index in [-0.39, 0.29) is 24.7 Å². The maximum Gasteiger partial charge on any atom is 0.396 e. The van der Waals surface area contributed by atoms with E-state index in [9.17, 15) is 28.6 Å². The fourth-order valence-electron chi connectivity index (χ4n) is 5.91. The van der Waals surface area contributed by atoms with Crippen LogP contribution in [0.2, 0.25) is 0 Å². The van der Waals surface area contributed by atoms with E-state index in [1.54, 1.807) is 0 Å². The summed E-state index contributed by atoms with van der Waals surface area (Å²) >= 11 is 0. The topological polar surface area (TPSA) is 69.9 Å². The zero-order valence-corrected chi connectivity index (χ0v) is 13.4. The van der Waals surface area contributed by atoms with Gasteiger partial charge in [-0.1, -0.05) is 6.92 Å². The van der Waals surface area contributed by atoms with Crippen molar-refractivity contribution in [2.24, 2.45) is 22.7 Å². The van der Waals surface area contributed by atoms with Crippen molar-refractivity contribution in [3.8, 4) is 0 Å². The molecule has 0 aromatic rings. The molecule has 4 bridgehead atoms. The second kappa shape index (κ2) is 5.07. The molecule has 0 aromatic carbocycles. The van der Waals surface area contributed by atoms with E-state index in [2.05, 4.69) is 4.89 Å². The Kier molecular flexibility index (Phi) is 3.84. The van der Waals surface area contributed by atoms with Gasteiger partial charge in [-0.2, -0.15) is 13.2 Å². The van der Waals surface area contributed by atoms with Crippen LogP contribution in [-0.4, -0.2) is 39.5 Å². The number of halogens is 3. The molecule has 0 aliphatic heterocycles. The third-order valence-electron chi connectivity index (χ3n) is 6.90. The van der Waals surface area contributed by atoms with E-state index in [1.807, 2.05) is 0 Å². The van der Waals surface area contributed by atoms with Crippen LogP contribution in [0.3, 0.4) is 0 Å². The summed E-state index contributed by atoms with van der Waals surface area (Å²) < 4.78 is 41.1. The van der Waals surface area contributed by atoms with Crippen LogP contribution in [0.25, 0.3) is 0 Å². The molecule has 134 valence electrons. The molecule has 4 saturated carbocycles. The van der Waals surface area contributed by atoms with Crippen LogP contribution < -0.4 is 0 Å². The van der Waals surface area contributed by atoms with Gasteiger partial charge in [0.1, 0.15) is 6.10 Å². The lowest BCUT2D eigenvalue weighted by molar-refractivity contribution is -0.398. The first-order valence-electron chi connectivity index (χ1n) is 8.29. The summed E-state index contributed by atoms with van der Waals surface area (Å²) in [4.78, 5) is 4.44. The van der Waals surface area contributed by atoms with Gasteiger partial charge >= 0.3 is 6.18 Å². The highest BCUT2D eigenvalue weighted by Crippen LogP contribution is 2.66. The lowest BCUT2D eigenvalue weighted by Gasteiger charge is -2.65. The Morgan fingerprint density at radius 1 is 1.26 bits per heavy atom. The van der Waals surface area contributed by atoms with Gasteiger partial charge in [-0.15, -0.1) is 0 Å². The fourth-order valence-corrected chi connectivity index (χ4v) is 5.91. The lowest BCUT2D eigenvalue weighted by Crippen LogP contribution is -2.70. The van der Waals surface area contributed by atoms with Crippen LogP contribution in [0.15, 0.2) is 0 Å². The molecule has 7 atom stereocenters. The summed E-state index contributed by atoms with van der Waals surface area (Å²) in [5.41, 5.74) is -4.60. The molecule has 4 rings (SSSR count). The first-order valence-corrected chi connectivity index (χ1v) is 8.29. The predicted molar refractivity (Wildman–Crippen MR) is 75.4 cm³/mol. The van der Waals surface area contributed by atoms with Crippen LogP contribution in [0.4, 0.5) is 13.2 Å². The molecule has 3 N–H and O–H groups in total. The minimum absolute atomic E-state index is 0.0467. The highest BCUT2D eigenvalue weighted by Gasteiger charge is 2.71. The molecule has 0 saturated heterocycles. The van der Waals surface area contributed by atoms with Gasteiger partial charge in [0, 0.05) is 5.41 Å². The SMILES string of the molecule is CCC(C)(C(OO)C12CC3CC(CC(O)(C3)C1)C2O)C(F)(F)F. The molecule has 7 heteroatoms. The summed E-state index contributed by atoms with van der Waals surface area (Å²) in [6, 6.07) is 0. The van der Waals surface area contributed by atoms with Crippen LogP contribution in [0.5, 0.6) is 0 Å². The number of rotatable bonds is 4. The second-order valence-electron chi connectivity index (χ2n) is 8.31. The van der Waals surface area contributed by atoms with Gasteiger partial charge in [0.15, 0.2) is 0 Å². The van der Waals surface area contributed by atoms with Crippen molar-refractivity contribution in [1.82, 2.24) is 0 Å². The van der Waals surface area contributed by atoms with Gasteiger partial charge in [-0.3, -0.25) is 5.26 Å². The van der Waals surface area contributed by atoms with Gasteiger partial charge < -0.3 is 10.2 Å². The molecular formula is C16H25F3O4. The minimum Gasteiger partial charge on any atom is -0.392 e. The predicted octanol–water partition coefficient (Wildman–Crippen LogP) is 3.13. The summed E-state index contributed by atoms with van der Waals surface area (Å²) in [5.74, 6) is -0.156. The van der Waals surface area contributed by atoms with Crippen LogP contribution in [-0.2, 0) is 4.89 Å². The van der Waals surface area contributed by atoms with E-state index in [0.717, 1.165) is 13.3 Å². The van der Waals surface area contributed by atoms with Crippen molar-refractivity contribution in [1.29, 1.82) is 0 Å². The fraction of sp³-hybridized carbons (Fsp3) is 1.00. The van der Waals surface area contributed by atoms with Crippen LogP contribution >= 0.6 is 0 Å². The highest BCUT2D eigenvalue weighted by molar-refractivity contribution is 5.17. The Morgan fingerprint density at radius 2 is 1.91 bits per heavy atom. The van der Waals surface area contributed by atoms with E-state index in [0.29, 0.717) is 19.3 Å². The highest BCUT2D eigenvalue weighted by atomic mass is 19.4. The number of aliphatic hydroxyl groups excluding tert-OH is 1. The summed E-state index contributed by atoms with van der Waals surface area (Å²) in [6.45, 7) is 2.43. The molecular weight excluding hydrogens is 313 g/mol. The third kappa shape index (κ3) is 2.27. The molecule has 4 fully saturated rings. The van der Waals surface area contributed by atoms with E-state index in [1.165, 1.54) is 6.92 Å². The average molecular weight is 338 g/mol. The summed E-state index contributed by atoms with van der Waals surface area (Å²) in [6.07, 6.45) is -5.35. The molecule has 4 nitrogen and oxygen atoms in total. The molecule has 0 amide bonds.